The maximum atomic E-state index is 3.80. The molecule has 2 fully saturated rings. The van der Waals surface area contributed by atoms with Gasteiger partial charge in [0.2, 0.25) is 0 Å². The minimum Gasteiger partial charge on any atom is -0.311 e. The van der Waals surface area contributed by atoms with E-state index in [0.717, 1.165) is 18.5 Å². The third kappa shape index (κ3) is 2.76. The molecule has 1 N–H and O–H groups in total. The molecule has 2 unspecified atom stereocenters. The van der Waals surface area contributed by atoms with Crippen LogP contribution in [0.2, 0.25) is 0 Å². The molecule has 0 aromatic heterocycles. The Hall–Kier alpha value is -0.510. The third-order valence-corrected chi connectivity index (χ3v) is 6.75. The summed E-state index contributed by atoms with van der Waals surface area (Å²) >= 11 is 2.04. The van der Waals surface area contributed by atoms with Crippen molar-refractivity contribution in [3.63, 3.8) is 0 Å². The molecule has 3 heteroatoms. The molecule has 1 aromatic carbocycles. The van der Waals surface area contributed by atoms with Gasteiger partial charge in [-0.15, -0.1) is 11.8 Å². The first kappa shape index (κ1) is 14.1. The molecule has 1 aliphatic carbocycles. The summed E-state index contributed by atoms with van der Waals surface area (Å²) in [4.78, 5) is 4.27. The van der Waals surface area contributed by atoms with E-state index in [9.17, 15) is 0 Å². The van der Waals surface area contributed by atoms with Crippen LogP contribution in [-0.2, 0) is 0 Å². The molecule has 2 nitrogen and oxygen atoms in total. The molecule has 0 spiro atoms. The molecule has 21 heavy (non-hydrogen) atoms. The van der Waals surface area contributed by atoms with Crippen molar-refractivity contribution >= 4 is 11.8 Å². The summed E-state index contributed by atoms with van der Waals surface area (Å²) in [5, 5.41) is 3.80. The lowest BCUT2D eigenvalue weighted by atomic mass is 9.92. The predicted molar refractivity (Wildman–Crippen MR) is 90.1 cm³/mol. The number of nitrogens with zero attached hydrogens (tertiary/aromatic N) is 1. The molecule has 2 atom stereocenters. The third-order valence-electron chi connectivity index (χ3n) is 5.50. The Morgan fingerprint density at radius 3 is 2.90 bits per heavy atom. The topological polar surface area (TPSA) is 15.3 Å². The summed E-state index contributed by atoms with van der Waals surface area (Å²) in [5.41, 5.74) is 1.87. The second kappa shape index (κ2) is 5.29. The van der Waals surface area contributed by atoms with Crippen molar-refractivity contribution in [1.82, 2.24) is 10.2 Å². The summed E-state index contributed by atoms with van der Waals surface area (Å²) in [5.74, 6) is 2.92. The van der Waals surface area contributed by atoms with Crippen LogP contribution in [0.3, 0.4) is 0 Å². The van der Waals surface area contributed by atoms with E-state index >= 15 is 0 Å². The molecule has 3 aliphatic rings. The van der Waals surface area contributed by atoms with Gasteiger partial charge >= 0.3 is 0 Å². The molecule has 0 bridgehead atoms. The largest absolute Gasteiger partial charge is 0.311 e. The number of hydrogen-bond acceptors (Lipinski definition) is 3. The van der Waals surface area contributed by atoms with E-state index in [2.05, 4.69) is 48.3 Å². The minimum absolute atomic E-state index is 0.285. The van der Waals surface area contributed by atoms with E-state index in [0.29, 0.717) is 5.92 Å². The minimum atomic E-state index is 0.285. The highest BCUT2D eigenvalue weighted by atomic mass is 32.2. The van der Waals surface area contributed by atoms with Crippen LogP contribution in [0, 0.1) is 5.92 Å². The van der Waals surface area contributed by atoms with Crippen LogP contribution in [0.1, 0.15) is 38.2 Å². The van der Waals surface area contributed by atoms with Crippen LogP contribution >= 0.6 is 11.8 Å². The van der Waals surface area contributed by atoms with Gasteiger partial charge in [-0.3, -0.25) is 4.90 Å². The van der Waals surface area contributed by atoms with Crippen molar-refractivity contribution in [1.29, 1.82) is 0 Å². The number of nitrogens with one attached hydrogen (secondary N) is 1. The number of benzene rings is 1. The lowest BCUT2D eigenvalue weighted by Crippen LogP contribution is -2.63. The van der Waals surface area contributed by atoms with Crippen LogP contribution in [0.25, 0.3) is 0 Å². The van der Waals surface area contributed by atoms with Crippen LogP contribution in [0.5, 0.6) is 0 Å². The van der Waals surface area contributed by atoms with Crippen molar-refractivity contribution < 1.29 is 0 Å². The van der Waals surface area contributed by atoms with Gasteiger partial charge < -0.3 is 5.32 Å². The van der Waals surface area contributed by atoms with Gasteiger partial charge in [0.15, 0.2) is 0 Å². The number of fused-ring (bicyclic) bond motifs is 1. The van der Waals surface area contributed by atoms with E-state index in [-0.39, 0.29) is 5.54 Å². The van der Waals surface area contributed by atoms with Crippen molar-refractivity contribution in [3.05, 3.63) is 29.8 Å². The molecule has 2 heterocycles. The van der Waals surface area contributed by atoms with E-state index in [1.165, 1.54) is 36.6 Å². The molecular formula is C18H26N2S. The normalized spacial score (nSPS) is 32.1. The summed E-state index contributed by atoms with van der Waals surface area (Å²) in [6.07, 6.45) is 2.88. The van der Waals surface area contributed by atoms with Crippen LogP contribution in [-0.4, -0.2) is 41.9 Å². The summed E-state index contributed by atoms with van der Waals surface area (Å²) in [6, 6.07) is 9.74. The molecule has 1 saturated carbocycles. The van der Waals surface area contributed by atoms with Gasteiger partial charge in [0.1, 0.15) is 0 Å². The Morgan fingerprint density at radius 2 is 2.10 bits per heavy atom. The van der Waals surface area contributed by atoms with Crippen molar-refractivity contribution in [3.8, 4) is 0 Å². The monoisotopic (exact) mass is 302 g/mol. The average Bonchev–Trinajstić information content (AvgIpc) is 3.24. The molecule has 4 rings (SSSR count). The van der Waals surface area contributed by atoms with Gasteiger partial charge in [0.25, 0.3) is 0 Å². The molecule has 1 saturated heterocycles. The van der Waals surface area contributed by atoms with Gasteiger partial charge in [0.05, 0.1) is 0 Å². The Balaban J connectivity index is 1.49. The van der Waals surface area contributed by atoms with E-state index < -0.39 is 0 Å². The van der Waals surface area contributed by atoms with E-state index in [4.69, 9.17) is 0 Å². The van der Waals surface area contributed by atoms with Crippen molar-refractivity contribution in [2.75, 3.05) is 25.4 Å². The van der Waals surface area contributed by atoms with Crippen molar-refractivity contribution in [2.45, 2.75) is 49.1 Å². The molecule has 114 valence electrons. The lowest BCUT2D eigenvalue weighted by Gasteiger charge is -2.47. The fourth-order valence-electron chi connectivity index (χ4n) is 3.82. The standard InChI is InChI=1S/C18H26N2S/c1-18(2)12-19-16(13-7-8-13)10-20(18)9-14-11-21-17-6-4-3-5-15(14)17/h3-6,13-14,16,19H,7-12H2,1-2H3. The van der Waals surface area contributed by atoms with Gasteiger partial charge in [-0.2, -0.15) is 0 Å². The molecule has 2 aliphatic heterocycles. The summed E-state index contributed by atoms with van der Waals surface area (Å²) in [7, 11) is 0. The maximum absolute atomic E-state index is 3.80. The molecule has 0 radical (unpaired) electrons. The molecule has 1 aromatic rings. The SMILES string of the molecule is CC1(C)CNC(C2CC2)CN1CC1CSc2ccccc21. The molecular weight excluding hydrogens is 276 g/mol. The predicted octanol–water partition coefficient (Wildman–Crippen LogP) is 3.34. The highest BCUT2D eigenvalue weighted by Gasteiger charge is 2.41. The Labute approximate surface area is 132 Å². The maximum Gasteiger partial charge on any atom is 0.0278 e. The van der Waals surface area contributed by atoms with Gasteiger partial charge in [0, 0.05) is 47.8 Å². The van der Waals surface area contributed by atoms with Crippen molar-refractivity contribution in [2.24, 2.45) is 5.92 Å². The fourth-order valence-corrected chi connectivity index (χ4v) is 5.07. The molecule has 0 amide bonds. The fraction of sp³-hybridized carbons (Fsp3) is 0.667. The van der Waals surface area contributed by atoms with E-state index in [1.807, 2.05) is 11.8 Å². The number of hydrogen-bond donors (Lipinski definition) is 1. The second-order valence-electron chi connectivity index (χ2n) is 7.59. The lowest BCUT2D eigenvalue weighted by molar-refractivity contribution is 0.0566. The summed E-state index contributed by atoms with van der Waals surface area (Å²) in [6.45, 7) is 8.40. The Bertz CT molecular complexity index is 524. The highest BCUT2D eigenvalue weighted by Crippen LogP contribution is 2.41. The van der Waals surface area contributed by atoms with Gasteiger partial charge in [-0.1, -0.05) is 18.2 Å². The quantitative estimate of drug-likeness (QED) is 0.922. The first-order valence-corrected chi connectivity index (χ1v) is 9.32. The Morgan fingerprint density at radius 1 is 1.29 bits per heavy atom. The average molecular weight is 302 g/mol. The number of rotatable bonds is 3. The zero-order valence-electron chi connectivity index (χ0n) is 13.1. The summed E-state index contributed by atoms with van der Waals surface area (Å²) < 4.78 is 0. The smallest absolute Gasteiger partial charge is 0.0278 e. The zero-order chi connectivity index (χ0) is 14.4. The Kier molecular flexibility index (Phi) is 3.55. The first-order chi connectivity index (χ1) is 10.1. The van der Waals surface area contributed by atoms with Crippen LogP contribution < -0.4 is 5.32 Å². The number of thioether (sulfide) groups is 1. The zero-order valence-corrected chi connectivity index (χ0v) is 14.0. The van der Waals surface area contributed by atoms with Gasteiger partial charge in [-0.05, 0) is 44.2 Å². The van der Waals surface area contributed by atoms with Crippen LogP contribution in [0.15, 0.2) is 29.2 Å². The van der Waals surface area contributed by atoms with E-state index in [1.54, 1.807) is 5.56 Å². The van der Waals surface area contributed by atoms with Gasteiger partial charge in [-0.25, -0.2) is 0 Å². The van der Waals surface area contributed by atoms with Crippen LogP contribution in [0.4, 0.5) is 0 Å². The second-order valence-corrected chi connectivity index (χ2v) is 8.65. The number of piperazine rings is 1. The highest BCUT2D eigenvalue weighted by molar-refractivity contribution is 7.99. The first-order valence-electron chi connectivity index (χ1n) is 8.34.